The van der Waals surface area contributed by atoms with Crippen molar-refractivity contribution in [2.45, 2.75) is 13.3 Å². The van der Waals surface area contributed by atoms with E-state index in [1.165, 1.54) is 12.1 Å². The number of ether oxygens (including phenoxy) is 1. The number of benzene rings is 1. The number of halogens is 1. The van der Waals surface area contributed by atoms with E-state index in [4.69, 9.17) is 16.3 Å². The van der Waals surface area contributed by atoms with Gasteiger partial charge in [0.05, 0.1) is 17.1 Å². The predicted molar refractivity (Wildman–Crippen MR) is 58.7 cm³/mol. The minimum atomic E-state index is -0.609. The predicted octanol–water partition coefficient (Wildman–Crippen LogP) is 2.82. The van der Waals surface area contributed by atoms with E-state index in [1.54, 1.807) is 0 Å². The van der Waals surface area contributed by atoms with Gasteiger partial charge in [0.15, 0.2) is 0 Å². The van der Waals surface area contributed by atoms with Gasteiger partial charge in [-0.15, -0.1) is 0 Å². The number of esters is 1. The molecule has 0 N–H and O–H groups in total. The molecule has 0 saturated heterocycles. The number of nitro benzene ring substituents is 1. The molecule has 1 rings (SSSR count). The maximum absolute atomic E-state index is 11.4. The number of carbonyl (C=O) groups excluding carboxylic acids is 1. The van der Waals surface area contributed by atoms with Crippen molar-refractivity contribution < 1.29 is 14.5 Å². The molecule has 0 amide bonds. The number of non-ortho nitro benzene ring substituents is 1. The van der Waals surface area contributed by atoms with Crippen LogP contribution in [0.5, 0.6) is 0 Å². The van der Waals surface area contributed by atoms with Gasteiger partial charge in [-0.05, 0) is 12.5 Å². The first-order valence-electron chi connectivity index (χ1n) is 4.66. The summed E-state index contributed by atoms with van der Waals surface area (Å²) in [7, 11) is 0. The van der Waals surface area contributed by atoms with Crippen LogP contribution in [-0.2, 0) is 4.74 Å². The zero-order chi connectivity index (χ0) is 12.1. The summed E-state index contributed by atoms with van der Waals surface area (Å²) >= 11 is 5.66. The Morgan fingerprint density at radius 3 is 2.75 bits per heavy atom. The average Bonchev–Trinajstić information content (AvgIpc) is 2.24. The largest absolute Gasteiger partial charge is 0.462 e. The van der Waals surface area contributed by atoms with E-state index in [1.807, 2.05) is 6.92 Å². The van der Waals surface area contributed by atoms with Crippen molar-refractivity contribution in [1.82, 2.24) is 0 Å². The molecule has 6 heteroatoms. The second-order valence-corrected chi connectivity index (χ2v) is 3.53. The first-order valence-corrected chi connectivity index (χ1v) is 5.04. The second kappa shape index (κ2) is 5.46. The third-order valence-electron chi connectivity index (χ3n) is 1.77. The van der Waals surface area contributed by atoms with Crippen LogP contribution in [0.1, 0.15) is 23.7 Å². The first kappa shape index (κ1) is 12.4. The summed E-state index contributed by atoms with van der Waals surface area (Å²) in [4.78, 5) is 21.4. The molecule has 0 fully saturated rings. The van der Waals surface area contributed by atoms with Crippen LogP contribution < -0.4 is 0 Å². The molecule has 0 radical (unpaired) electrons. The van der Waals surface area contributed by atoms with E-state index in [9.17, 15) is 14.9 Å². The molecule has 0 saturated carbocycles. The Bertz CT molecular complexity index is 419. The van der Waals surface area contributed by atoms with Crippen LogP contribution in [0.2, 0.25) is 5.02 Å². The Morgan fingerprint density at radius 2 is 2.19 bits per heavy atom. The van der Waals surface area contributed by atoms with Crippen molar-refractivity contribution in [2.75, 3.05) is 6.61 Å². The third kappa shape index (κ3) is 3.20. The molecule has 0 bridgehead atoms. The highest BCUT2D eigenvalue weighted by Gasteiger charge is 2.14. The summed E-state index contributed by atoms with van der Waals surface area (Å²) in [6.07, 6.45) is 0.689. The molecule has 0 unspecified atom stereocenters. The Labute approximate surface area is 97.1 Å². The normalized spacial score (nSPS) is 9.88. The van der Waals surface area contributed by atoms with Crippen molar-refractivity contribution in [3.05, 3.63) is 38.9 Å². The van der Waals surface area contributed by atoms with Gasteiger partial charge in [-0.3, -0.25) is 10.1 Å². The lowest BCUT2D eigenvalue weighted by Crippen LogP contribution is -2.06. The first-order chi connectivity index (χ1) is 7.54. The van der Waals surface area contributed by atoms with Gasteiger partial charge in [-0.1, -0.05) is 18.5 Å². The van der Waals surface area contributed by atoms with Crippen LogP contribution in [-0.4, -0.2) is 17.5 Å². The number of nitrogens with zero attached hydrogens (tertiary/aromatic N) is 1. The third-order valence-corrected chi connectivity index (χ3v) is 1.98. The molecule has 0 aliphatic carbocycles. The van der Waals surface area contributed by atoms with E-state index in [0.717, 1.165) is 6.07 Å². The molecule has 0 heterocycles. The molecule has 0 aromatic heterocycles. The maximum Gasteiger partial charge on any atom is 0.338 e. The molecule has 0 aliphatic rings. The van der Waals surface area contributed by atoms with Gasteiger partial charge in [0, 0.05) is 17.2 Å². The van der Waals surface area contributed by atoms with Crippen molar-refractivity contribution in [1.29, 1.82) is 0 Å². The van der Waals surface area contributed by atoms with Crippen LogP contribution >= 0.6 is 11.6 Å². The van der Waals surface area contributed by atoms with Crippen LogP contribution in [0.15, 0.2) is 18.2 Å². The van der Waals surface area contributed by atoms with Crippen LogP contribution in [0, 0.1) is 10.1 Å². The van der Waals surface area contributed by atoms with Gasteiger partial charge in [-0.25, -0.2) is 4.79 Å². The number of rotatable bonds is 4. The Morgan fingerprint density at radius 1 is 1.50 bits per heavy atom. The van der Waals surface area contributed by atoms with Crippen molar-refractivity contribution in [3.63, 3.8) is 0 Å². The van der Waals surface area contributed by atoms with E-state index in [0.29, 0.717) is 6.42 Å². The number of hydrogen-bond donors (Lipinski definition) is 0. The quantitative estimate of drug-likeness (QED) is 0.463. The summed E-state index contributed by atoms with van der Waals surface area (Å²) in [5.41, 5.74) is -0.136. The summed E-state index contributed by atoms with van der Waals surface area (Å²) in [5, 5.41) is 10.7. The molecule has 0 spiro atoms. The van der Waals surface area contributed by atoms with Crippen molar-refractivity contribution >= 4 is 23.3 Å². The highest BCUT2D eigenvalue weighted by Crippen LogP contribution is 2.21. The molecular weight excluding hydrogens is 234 g/mol. The average molecular weight is 244 g/mol. The number of carbonyl (C=O) groups is 1. The fourth-order valence-corrected chi connectivity index (χ4v) is 1.30. The van der Waals surface area contributed by atoms with E-state index >= 15 is 0 Å². The Balaban J connectivity index is 2.95. The second-order valence-electron chi connectivity index (χ2n) is 3.09. The summed E-state index contributed by atoms with van der Waals surface area (Å²) in [5.74, 6) is -0.604. The fourth-order valence-electron chi connectivity index (χ4n) is 1.08. The Kier molecular flexibility index (Phi) is 4.25. The van der Waals surface area contributed by atoms with Gasteiger partial charge < -0.3 is 4.74 Å². The summed E-state index contributed by atoms with van der Waals surface area (Å²) in [6, 6.07) is 3.66. The van der Waals surface area contributed by atoms with Crippen molar-refractivity contribution in [2.24, 2.45) is 0 Å². The van der Waals surface area contributed by atoms with E-state index in [2.05, 4.69) is 0 Å². The molecule has 1 aromatic rings. The highest BCUT2D eigenvalue weighted by atomic mass is 35.5. The van der Waals surface area contributed by atoms with Crippen LogP contribution in [0.25, 0.3) is 0 Å². The lowest BCUT2D eigenvalue weighted by atomic mass is 10.2. The van der Waals surface area contributed by atoms with Gasteiger partial charge >= 0.3 is 5.97 Å². The number of nitro groups is 1. The zero-order valence-electron chi connectivity index (χ0n) is 8.60. The lowest BCUT2D eigenvalue weighted by Gasteiger charge is -2.03. The van der Waals surface area contributed by atoms with Crippen molar-refractivity contribution in [3.8, 4) is 0 Å². The topological polar surface area (TPSA) is 69.4 Å². The molecule has 0 atom stereocenters. The number of hydrogen-bond acceptors (Lipinski definition) is 4. The molecule has 86 valence electrons. The minimum absolute atomic E-state index is 0.0904. The smallest absolute Gasteiger partial charge is 0.338 e. The highest BCUT2D eigenvalue weighted by molar-refractivity contribution is 6.31. The maximum atomic E-state index is 11.4. The van der Waals surface area contributed by atoms with Gasteiger partial charge in [0.25, 0.3) is 5.69 Å². The van der Waals surface area contributed by atoms with E-state index < -0.39 is 10.9 Å². The summed E-state index contributed by atoms with van der Waals surface area (Å²) < 4.78 is 4.85. The molecule has 0 aliphatic heterocycles. The zero-order valence-corrected chi connectivity index (χ0v) is 9.36. The van der Waals surface area contributed by atoms with Crippen LogP contribution in [0.4, 0.5) is 5.69 Å². The van der Waals surface area contributed by atoms with E-state index in [-0.39, 0.29) is 22.9 Å². The SMILES string of the molecule is CCCOC(=O)c1cc(Cl)cc([N+](=O)[O-])c1. The monoisotopic (exact) mass is 243 g/mol. The minimum Gasteiger partial charge on any atom is -0.462 e. The molecule has 16 heavy (non-hydrogen) atoms. The Hall–Kier alpha value is -1.62. The summed E-state index contributed by atoms with van der Waals surface area (Å²) in [6.45, 7) is 2.13. The van der Waals surface area contributed by atoms with Gasteiger partial charge in [-0.2, -0.15) is 0 Å². The fraction of sp³-hybridized carbons (Fsp3) is 0.300. The lowest BCUT2D eigenvalue weighted by molar-refractivity contribution is -0.384. The molecule has 1 aromatic carbocycles. The van der Waals surface area contributed by atoms with Crippen LogP contribution in [0.3, 0.4) is 0 Å². The van der Waals surface area contributed by atoms with Gasteiger partial charge in [0.1, 0.15) is 0 Å². The molecular formula is C10H10ClNO4. The standard InChI is InChI=1S/C10H10ClNO4/c1-2-3-16-10(13)7-4-8(11)6-9(5-7)12(14)15/h4-6H,2-3H2,1H3. The molecule has 5 nitrogen and oxygen atoms in total. The van der Waals surface area contributed by atoms with Gasteiger partial charge in [0.2, 0.25) is 0 Å².